The van der Waals surface area contributed by atoms with Crippen molar-refractivity contribution in [1.82, 2.24) is 14.7 Å². The lowest BCUT2D eigenvalue weighted by atomic mass is 10.2. The van der Waals surface area contributed by atoms with E-state index in [0.29, 0.717) is 19.1 Å². The molecule has 0 atom stereocenters. The maximum Gasteiger partial charge on any atom is 0.233 e. The Kier molecular flexibility index (Phi) is 7.71. The van der Waals surface area contributed by atoms with E-state index in [2.05, 4.69) is 78.4 Å². The largest absolute Gasteiger partial charge is 0.477 e. The molecule has 0 saturated carbocycles. The van der Waals surface area contributed by atoms with Crippen LogP contribution in [0.3, 0.4) is 0 Å². The summed E-state index contributed by atoms with van der Waals surface area (Å²) in [5, 5.41) is 8.31. The standard InChI is InChI=1S/C26H40N4O2SSi/c1-26(2,3)34(5,6)32-20-21-19-25(27-28(21)4)31-17-8-12-29-13-15-30(16-14-29)23-9-7-10-24-22(23)11-18-33-24/h7,9-11,18-19H,8,12-17,20H2,1-6H3. The van der Waals surface area contributed by atoms with E-state index in [-0.39, 0.29) is 5.04 Å². The number of thiophene rings is 1. The molecule has 34 heavy (non-hydrogen) atoms. The molecule has 1 aliphatic rings. The minimum atomic E-state index is -1.78. The highest BCUT2D eigenvalue weighted by molar-refractivity contribution is 7.17. The molecule has 0 N–H and O–H groups in total. The minimum Gasteiger partial charge on any atom is -0.477 e. The van der Waals surface area contributed by atoms with Crippen LogP contribution in [0.25, 0.3) is 10.1 Å². The average Bonchev–Trinajstić information content (AvgIpc) is 3.41. The van der Waals surface area contributed by atoms with Crippen molar-refractivity contribution in [3.8, 4) is 5.88 Å². The topological polar surface area (TPSA) is 42.8 Å². The number of hydrogen-bond donors (Lipinski definition) is 0. The summed E-state index contributed by atoms with van der Waals surface area (Å²) in [6, 6.07) is 10.9. The Morgan fingerprint density at radius 2 is 1.85 bits per heavy atom. The molecular weight excluding hydrogens is 460 g/mol. The van der Waals surface area contributed by atoms with E-state index >= 15 is 0 Å². The lowest BCUT2D eigenvalue weighted by Crippen LogP contribution is -2.46. The highest BCUT2D eigenvalue weighted by atomic mass is 32.1. The maximum absolute atomic E-state index is 6.35. The highest BCUT2D eigenvalue weighted by Gasteiger charge is 2.37. The summed E-state index contributed by atoms with van der Waals surface area (Å²) in [4.78, 5) is 5.08. The molecule has 1 aliphatic heterocycles. The molecule has 186 valence electrons. The molecule has 0 radical (unpaired) electrons. The van der Waals surface area contributed by atoms with Crippen molar-refractivity contribution < 1.29 is 9.16 Å². The lowest BCUT2D eigenvalue weighted by Gasteiger charge is -2.36. The zero-order chi connectivity index (χ0) is 24.3. The molecule has 6 nitrogen and oxygen atoms in total. The first kappa shape index (κ1) is 25.2. The number of aryl methyl sites for hydroxylation is 1. The Hall–Kier alpha value is -1.87. The maximum atomic E-state index is 6.35. The average molecular weight is 501 g/mol. The first-order valence-corrected chi connectivity index (χ1v) is 16.2. The van der Waals surface area contributed by atoms with Gasteiger partial charge in [-0.25, -0.2) is 0 Å². The number of fused-ring (bicyclic) bond motifs is 1. The number of ether oxygens (including phenoxy) is 1. The van der Waals surface area contributed by atoms with Crippen LogP contribution in [0.15, 0.2) is 35.7 Å². The molecule has 1 aromatic carbocycles. The van der Waals surface area contributed by atoms with Gasteiger partial charge >= 0.3 is 0 Å². The van der Waals surface area contributed by atoms with Crippen LogP contribution in [0.5, 0.6) is 5.88 Å². The third-order valence-corrected chi connectivity index (χ3v) is 12.8. The van der Waals surface area contributed by atoms with Crippen LogP contribution >= 0.6 is 11.3 Å². The lowest BCUT2D eigenvalue weighted by molar-refractivity contribution is 0.221. The molecule has 0 unspecified atom stereocenters. The second kappa shape index (κ2) is 10.4. The number of anilines is 1. The summed E-state index contributed by atoms with van der Waals surface area (Å²) in [6.45, 7) is 18.0. The summed E-state index contributed by atoms with van der Waals surface area (Å²) < 4.78 is 15.6. The molecule has 0 bridgehead atoms. The van der Waals surface area contributed by atoms with Crippen molar-refractivity contribution in [2.45, 2.75) is 51.9 Å². The Labute approximate surface area is 209 Å². The van der Waals surface area contributed by atoms with Crippen LogP contribution in [-0.4, -0.2) is 62.3 Å². The predicted octanol–water partition coefficient (Wildman–Crippen LogP) is 5.75. The van der Waals surface area contributed by atoms with Crippen molar-refractivity contribution in [2.24, 2.45) is 7.05 Å². The van der Waals surface area contributed by atoms with Crippen LogP contribution in [0.1, 0.15) is 32.9 Å². The SMILES string of the molecule is Cn1nc(OCCCN2CCN(c3cccc4sccc34)CC2)cc1CO[Si](C)(C)C(C)(C)C. The van der Waals surface area contributed by atoms with Gasteiger partial charge in [0.25, 0.3) is 0 Å². The molecule has 8 heteroatoms. The van der Waals surface area contributed by atoms with Gasteiger partial charge in [-0.2, -0.15) is 0 Å². The molecule has 0 spiro atoms. The van der Waals surface area contributed by atoms with E-state index in [1.807, 2.05) is 29.1 Å². The fourth-order valence-electron chi connectivity index (χ4n) is 4.08. The molecule has 3 heterocycles. The zero-order valence-electron chi connectivity index (χ0n) is 21.6. The molecule has 3 aromatic rings. The Morgan fingerprint density at radius 3 is 2.59 bits per heavy atom. The zero-order valence-corrected chi connectivity index (χ0v) is 23.5. The van der Waals surface area contributed by atoms with Gasteiger partial charge in [-0.1, -0.05) is 26.8 Å². The van der Waals surface area contributed by atoms with Crippen molar-refractivity contribution in [2.75, 3.05) is 44.2 Å². The van der Waals surface area contributed by atoms with Crippen molar-refractivity contribution in [1.29, 1.82) is 0 Å². The van der Waals surface area contributed by atoms with Crippen molar-refractivity contribution >= 4 is 35.4 Å². The van der Waals surface area contributed by atoms with E-state index in [4.69, 9.17) is 9.16 Å². The van der Waals surface area contributed by atoms with Gasteiger partial charge in [0.1, 0.15) is 0 Å². The van der Waals surface area contributed by atoms with Gasteiger partial charge in [0.15, 0.2) is 8.32 Å². The fraction of sp³-hybridized carbons (Fsp3) is 0.577. The summed E-state index contributed by atoms with van der Waals surface area (Å²) in [5.41, 5.74) is 2.45. The quantitative estimate of drug-likeness (QED) is 0.277. The van der Waals surface area contributed by atoms with E-state index < -0.39 is 8.32 Å². The monoisotopic (exact) mass is 500 g/mol. The number of hydrogen-bond acceptors (Lipinski definition) is 6. The van der Waals surface area contributed by atoms with Gasteiger partial charge < -0.3 is 14.1 Å². The van der Waals surface area contributed by atoms with Crippen LogP contribution in [0.2, 0.25) is 18.1 Å². The first-order valence-electron chi connectivity index (χ1n) is 12.4. The molecule has 0 amide bonds. The number of benzene rings is 1. The van der Waals surface area contributed by atoms with Gasteiger partial charge in [-0.05, 0) is 48.1 Å². The Balaban J connectivity index is 1.18. The van der Waals surface area contributed by atoms with E-state index in [1.54, 1.807) is 0 Å². The fourth-order valence-corrected chi connectivity index (χ4v) is 5.83. The highest BCUT2D eigenvalue weighted by Crippen LogP contribution is 2.37. The van der Waals surface area contributed by atoms with E-state index in [9.17, 15) is 0 Å². The normalized spacial score (nSPS) is 15.9. The van der Waals surface area contributed by atoms with Gasteiger partial charge in [-0.15, -0.1) is 16.4 Å². The van der Waals surface area contributed by atoms with Crippen LogP contribution in [0, 0.1) is 0 Å². The van der Waals surface area contributed by atoms with Gasteiger partial charge in [0, 0.05) is 61.6 Å². The molecule has 4 rings (SSSR count). The number of rotatable bonds is 9. The smallest absolute Gasteiger partial charge is 0.233 e. The molecule has 0 aliphatic carbocycles. The summed E-state index contributed by atoms with van der Waals surface area (Å²) in [7, 11) is 0.187. The number of nitrogens with zero attached hydrogens (tertiary/aromatic N) is 4. The van der Waals surface area contributed by atoms with Crippen molar-refractivity contribution in [3.63, 3.8) is 0 Å². The second-order valence-corrected chi connectivity index (χ2v) is 16.5. The molecule has 1 saturated heterocycles. The van der Waals surface area contributed by atoms with Crippen LogP contribution in [0.4, 0.5) is 5.69 Å². The van der Waals surface area contributed by atoms with Gasteiger partial charge in [0.05, 0.1) is 18.9 Å². The third-order valence-electron chi connectivity index (χ3n) is 7.40. The predicted molar refractivity (Wildman–Crippen MR) is 146 cm³/mol. The third kappa shape index (κ3) is 5.85. The molecule has 2 aromatic heterocycles. The van der Waals surface area contributed by atoms with Gasteiger partial charge in [0.2, 0.25) is 5.88 Å². The summed E-state index contributed by atoms with van der Waals surface area (Å²) >= 11 is 1.82. The van der Waals surface area contributed by atoms with Crippen molar-refractivity contribution in [3.05, 3.63) is 41.4 Å². The second-order valence-electron chi connectivity index (χ2n) is 10.8. The summed E-state index contributed by atoms with van der Waals surface area (Å²) in [6.07, 6.45) is 1.01. The Bertz CT molecular complexity index is 1080. The molecule has 1 fully saturated rings. The minimum absolute atomic E-state index is 0.202. The number of aromatic nitrogens is 2. The number of piperazine rings is 1. The molecular formula is C26H40N4O2SSi. The van der Waals surface area contributed by atoms with Crippen LogP contribution in [-0.2, 0) is 18.1 Å². The van der Waals surface area contributed by atoms with Crippen LogP contribution < -0.4 is 9.64 Å². The van der Waals surface area contributed by atoms with E-state index in [0.717, 1.165) is 44.8 Å². The Morgan fingerprint density at radius 1 is 1.09 bits per heavy atom. The van der Waals surface area contributed by atoms with Gasteiger partial charge in [-0.3, -0.25) is 9.58 Å². The summed E-state index contributed by atoms with van der Waals surface area (Å²) in [5.74, 6) is 0.699. The van der Waals surface area contributed by atoms with E-state index in [1.165, 1.54) is 15.8 Å². The first-order chi connectivity index (χ1) is 16.1.